The van der Waals surface area contributed by atoms with Gasteiger partial charge in [0.1, 0.15) is 5.82 Å². The number of hydrogen-bond acceptors (Lipinski definition) is 5. The van der Waals surface area contributed by atoms with Crippen molar-refractivity contribution >= 4 is 22.8 Å². The summed E-state index contributed by atoms with van der Waals surface area (Å²) in [6, 6.07) is 0.393. The molecule has 6 nitrogen and oxygen atoms in total. The molecule has 2 aromatic rings. The number of unbranched alkanes of at least 4 members (excludes halogenated alkanes) is 2. The van der Waals surface area contributed by atoms with Gasteiger partial charge in [0, 0.05) is 19.6 Å². The molecule has 0 bridgehead atoms. The van der Waals surface area contributed by atoms with E-state index in [1.165, 1.54) is 19.3 Å². The van der Waals surface area contributed by atoms with E-state index in [9.17, 15) is 0 Å². The topological polar surface area (TPSA) is 69.7 Å². The first-order valence-corrected chi connectivity index (χ1v) is 7.32. The molecule has 2 rings (SSSR count). The fourth-order valence-electron chi connectivity index (χ4n) is 2.29. The van der Waals surface area contributed by atoms with E-state index in [1.54, 1.807) is 6.20 Å². The van der Waals surface area contributed by atoms with Gasteiger partial charge in [-0.2, -0.15) is 15.1 Å². The van der Waals surface area contributed by atoms with Crippen LogP contribution in [0.25, 0.3) is 11.0 Å². The molecule has 0 saturated carbocycles. The highest BCUT2D eigenvalue weighted by atomic mass is 15.3. The third-order valence-corrected chi connectivity index (χ3v) is 3.41. The predicted octanol–water partition coefficient (Wildman–Crippen LogP) is 2.80. The highest BCUT2D eigenvalue weighted by molar-refractivity contribution is 5.87. The number of aromatic amines is 1. The van der Waals surface area contributed by atoms with Gasteiger partial charge < -0.3 is 10.2 Å². The lowest BCUT2D eigenvalue weighted by molar-refractivity contribution is 0.621. The molecule has 110 valence electrons. The van der Waals surface area contributed by atoms with E-state index in [-0.39, 0.29) is 0 Å². The van der Waals surface area contributed by atoms with Crippen LogP contribution >= 0.6 is 0 Å². The molecule has 0 aromatic carbocycles. The van der Waals surface area contributed by atoms with Crippen molar-refractivity contribution in [2.75, 3.05) is 23.8 Å². The zero-order valence-corrected chi connectivity index (χ0v) is 12.8. The summed E-state index contributed by atoms with van der Waals surface area (Å²) in [5.74, 6) is 1.58. The summed E-state index contributed by atoms with van der Waals surface area (Å²) < 4.78 is 0. The van der Waals surface area contributed by atoms with E-state index in [2.05, 4.69) is 51.2 Å². The first kappa shape index (κ1) is 14.6. The minimum atomic E-state index is 0.393. The van der Waals surface area contributed by atoms with E-state index in [0.29, 0.717) is 12.0 Å². The molecule has 0 fully saturated rings. The van der Waals surface area contributed by atoms with Gasteiger partial charge in [-0.05, 0) is 20.3 Å². The van der Waals surface area contributed by atoms with Gasteiger partial charge in [-0.15, -0.1) is 0 Å². The smallest absolute Gasteiger partial charge is 0.226 e. The molecular formula is C14H24N6. The van der Waals surface area contributed by atoms with Gasteiger partial charge in [-0.3, -0.25) is 5.10 Å². The van der Waals surface area contributed by atoms with E-state index in [4.69, 9.17) is 0 Å². The van der Waals surface area contributed by atoms with Crippen LogP contribution in [0.5, 0.6) is 0 Å². The maximum Gasteiger partial charge on any atom is 0.226 e. The molecule has 0 aliphatic rings. The molecule has 0 aliphatic carbocycles. The van der Waals surface area contributed by atoms with Crippen LogP contribution in [0.1, 0.15) is 40.0 Å². The molecule has 2 aromatic heterocycles. The maximum absolute atomic E-state index is 4.64. The second-order valence-corrected chi connectivity index (χ2v) is 5.25. The summed E-state index contributed by atoms with van der Waals surface area (Å²) in [5.41, 5.74) is 0.778. The van der Waals surface area contributed by atoms with E-state index in [1.807, 2.05) is 7.05 Å². The van der Waals surface area contributed by atoms with Gasteiger partial charge in [-0.25, -0.2) is 0 Å². The molecule has 0 aliphatic heterocycles. The van der Waals surface area contributed by atoms with Crippen LogP contribution in [0.3, 0.4) is 0 Å². The Hall–Kier alpha value is -1.85. The SMILES string of the molecule is CCCCCN(c1nc(NC)nc2[nH]ncc12)C(C)C. The average Bonchev–Trinajstić information content (AvgIpc) is 2.90. The van der Waals surface area contributed by atoms with Crippen molar-refractivity contribution in [1.29, 1.82) is 0 Å². The summed E-state index contributed by atoms with van der Waals surface area (Å²) in [6.45, 7) is 7.61. The minimum absolute atomic E-state index is 0.393. The lowest BCUT2D eigenvalue weighted by Crippen LogP contribution is -2.32. The standard InChI is InChI=1S/C14H24N6/c1-5-6-7-8-20(10(2)3)13-11-9-16-19-12(11)17-14(15-4)18-13/h9-10H,5-8H2,1-4H3,(H2,15,16,17,18,19). The van der Waals surface area contributed by atoms with Crippen molar-refractivity contribution in [2.45, 2.75) is 46.1 Å². The maximum atomic E-state index is 4.64. The Balaban J connectivity index is 2.38. The molecule has 0 unspecified atom stereocenters. The lowest BCUT2D eigenvalue weighted by atomic mass is 10.2. The highest BCUT2D eigenvalue weighted by Gasteiger charge is 2.17. The summed E-state index contributed by atoms with van der Waals surface area (Å²) in [7, 11) is 1.83. The zero-order valence-electron chi connectivity index (χ0n) is 12.8. The Bertz CT molecular complexity index is 548. The molecule has 0 saturated heterocycles. The van der Waals surface area contributed by atoms with Crippen LogP contribution in [0.2, 0.25) is 0 Å². The van der Waals surface area contributed by atoms with Gasteiger partial charge >= 0.3 is 0 Å². The number of rotatable bonds is 7. The van der Waals surface area contributed by atoms with Crippen LogP contribution in [0.4, 0.5) is 11.8 Å². The average molecular weight is 276 g/mol. The Morgan fingerprint density at radius 2 is 2.10 bits per heavy atom. The van der Waals surface area contributed by atoms with E-state index in [0.717, 1.165) is 23.4 Å². The first-order chi connectivity index (χ1) is 9.67. The summed E-state index contributed by atoms with van der Waals surface area (Å²) in [5, 5.41) is 11.0. The number of nitrogens with zero attached hydrogens (tertiary/aromatic N) is 4. The lowest BCUT2D eigenvalue weighted by Gasteiger charge is -2.28. The second-order valence-electron chi connectivity index (χ2n) is 5.25. The summed E-state index contributed by atoms with van der Waals surface area (Å²) in [6.07, 6.45) is 5.44. The molecule has 6 heteroatoms. The fraction of sp³-hybridized carbons (Fsp3) is 0.643. The molecule has 0 radical (unpaired) electrons. The van der Waals surface area contributed by atoms with Gasteiger partial charge in [0.25, 0.3) is 0 Å². The van der Waals surface area contributed by atoms with Crippen LogP contribution in [-0.2, 0) is 0 Å². The minimum Gasteiger partial charge on any atom is -0.357 e. The third-order valence-electron chi connectivity index (χ3n) is 3.41. The van der Waals surface area contributed by atoms with Crippen molar-refractivity contribution in [1.82, 2.24) is 20.2 Å². The highest BCUT2D eigenvalue weighted by Crippen LogP contribution is 2.25. The summed E-state index contributed by atoms with van der Waals surface area (Å²) in [4.78, 5) is 11.4. The van der Waals surface area contributed by atoms with Crippen LogP contribution in [0.15, 0.2) is 6.20 Å². The van der Waals surface area contributed by atoms with Crippen molar-refractivity contribution in [3.63, 3.8) is 0 Å². The van der Waals surface area contributed by atoms with Crippen LogP contribution < -0.4 is 10.2 Å². The van der Waals surface area contributed by atoms with E-state index < -0.39 is 0 Å². The van der Waals surface area contributed by atoms with Gasteiger partial charge in [0.2, 0.25) is 5.95 Å². The first-order valence-electron chi connectivity index (χ1n) is 7.32. The quantitative estimate of drug-likeness (QED) is 0.761. The number of aromatic nitrogens is 4. The number of anilines is 2. The van der Waals surface area contributed by atoms with Gasteiger partial charge in [0.05, 0.1) is 11.6 Å². The Morgan fingerprint density at radius 1 is 1.30 bits per heavy atom. The van der Waals surface area contributed by atoms with Gasteiger partial charge in [-0.1, -0.05) is 19.8 Å². The molecule has 2 heterocycles. The van der Waals surface area contributed by atoms with Crippen molar-refractivity contribution < 1.29 is 0 Å². The van der Waals surface area contributed by atoms with E-state index >= 15 is 0 Å². The molecule has 20 heavy (non-hydrogen) atoms. The van der Waals surface area contributed by atoms with Crippen LogP contribution in [-0.4, -0.2) is 39.8 Å². The van der Waals surface area contributed by atoms with Gasteiger partial charge in [0.15, 0.2) is 5.65 Å². The number of hydrogen-bond donors (Lipinski definition) is 2. The van der Waals surface area contributed by atoms with Crippen molar-refractivity contribution in [3.8, 4) is 0 Å². The Kier molecular flexibility index (Phi) is 4.76. The molecular weight excluding hydrogens is 252 g/mol. The van der Waals surface area contributed by atoms with Crippen LogP contribution in [0, 0.1) is 0 Å². The molecule has 0 atom stereocenters. The molecule has 0 amide bonds. The number of fused-ring (bicyclic) bond motifs is 1. The molecule has 2 N–H and O–H groups in total. The summed E-state index contributed by atoms with van der Waals surface area (Å²) >= 11 is 0. The Labute approximate surface area is 120 Å². The number of nitrogens with one attached hydrogen (secondary N) is 2. The van der Waals surface area contributed by atoms with Crippen molar-refractivity contribution in [3.05, 3.63) is 6.20 Å². The second kappa shape index (κ2) is 6.54. The number of H-pyrrole nitrogens is 1. The predicted molar refractivity (Wildman–Crippen MR) is 83.2 cm³/mol. The van der Waals surface area contributed by atoms with Crippen molar-refractivity contribution in [2.24, 2.45) is 0 Å². The normalized spacial score (nSPS) is 11.2. The largest absolute Gasteiger partial charge is 0.357 e. The third kappa shape index (κ3) is 3.00. The molecule has 0 spiro atoms. The monoisotopic (exact) mass is 276 g/mol. The zero-order chi connectivity index (χ0) is 14.5. The Morgan fingerprint density at radius 3 is 2.75 bits per heavy atom. The fourth-order valence-corrected chi connectivity index (χ4v) is 2.29.